The van der Waals surface area contributed by atoms with Crippen LogP contribution in [0.25, 0.3) is 6.08 Å². The Balaban J connectivity index is 2.02. The number of esters is 1. The molecule has 1 aromatic carbocycles. The minimum absolute atomic E-state index is 0.0743. The second-order valence-electron chi connectivity index (χ2n) is 5.26. The smallest absolute Gasteiger partial charge is 0.344 e. The molecular formula is C19H17NO4S. The van der Waals surface area contributed by atoms with E-state index in [1.165, 1.54) is 11.8 Å². The van der Waals surface area contributed by atoms with Gasteiger partial charge in [0.25, 0.3) is 0 Å². The van der Waals surface area contributed by atoms with E-state index in [1.54, 1.807) is 19.1 Å². The molecule has 1 aliphatic rings. The van der Waals surface area contributed by atoms with Crippen molar-refractivity contribution in [1.29, 1.82) is 0 Å². The number of aryl methyl sites for hydroxylation is 1. The van der Waals surface area contributed by atoms with Crippen LogP contribution in [-0.4, -0.2) is 22.7 Å². The Bertz CT molecular complexity index is 878. The lowest BCUT2D eigenvalue weighted by Gasteiger charge is -2.03. The average Bonchev–Trinajstić information content (AvgIpc) is 3.13. The van der Waals surface area contributed by atoms with Gasteiger partial charge in [0.2, 0.25) is 0 Å². The summed E-state index contributed by atoms with van der Waals surface area (Å²) in [6.45, 7) is 3.77. The second-order valence-corrected chi connectivity index (χ2v) is 6.29. The van der Waals surface area contributed by atoms with Crippen LogP contribution in [0.2, 0.25) is 0 Å². The van der Waals surface area contributed by atoms with Crippen molar-refractivity contribution in [3.05, 3.63) is 70.2 Å². The standard InChI is InChI=1S/C19H17NO4S/c1-3-23-19(22)16-17(21)15(11-14-10-9-12(2)24-14)25-18(16)20-13-7-5-4-6-8-13/h4-11,21H,3H2,1-2H3/b15-11+,20-18?. The van der Waals surface area contributed by atoms with Crippen LogP contribution >= 0.6 is 11.8 Å². The third-order valence-corrected chi connectivity index (χ3v) is 4.41. The molecule has 0 spiro atoms. The Morgan fingerprint density at radius 2 is 2.04 bits per heavy atom. The van der Waals surface area contributed by atoms with Gasteiger partial charge in [0.1, 0.15) is 27.9 Å². The van der Waals surface area contributed by atoms with E-state index in [-0.39, 0.29) is 17.9 Å². The van der Waals surface area contributed by atoms with Crippen molar-refractivity contribution in [3.8, 4) is 0 Å². The average molecular weight is 355 g/mol. The number of hydrogen-bond acceptors (Lipinski definition) is 6. The zero-order chi connectivity index (χ0) is 17.8. The highest BCUT2D eigenvalue weighted by atomic mass is 32.2. The minimum Gasteiger partial charge on any atom is -0.506 e. The van der Waals surface area contributed by atoms with Gasteiger partial charge in [-0.05, 0) is 44.2 Å². The van der Waals surface area contributed by atoms with Gasteiger partial charge in [0, 0.05) is 0 Å². The lowest BCUT2D eigenvalue weighted by Crippen LogP contribution is -2.12. The molecule has 128 valence electrons. The molecule has 1 aromatic heterocycles. The van der Waals surface area contributed by atoms with E-state index < -0.39 is 5.97 Å². The predicted octanol–water partition coefficient (Wildman–Crippen LogP) is 4.78. The lowest BCUT2D eigenvalue weighted by atomic mass is 10.2. The number of nitrogens with zero attached hydrogens (tertiary/aromatic N) is 1. The van der Waals surface area contributed by atoms with Crippen LogP contribution in [-0.2, 0) is 9.53 Å². The number of ether oxygens (including phenoxy) is 1. The highest BCUT2D eigenvalue weighted by molar-refractivity contribution is 8.18. The number of aliphatic imine (C=N–C) groups is 1. The molecule has 2 aromatic rings. The van der Waals surface area contributed by atoms with Crippen LogP contribution in [0.3, 0.4) is 0 Å². The van der Waals surface area contributed by atoms with E-state index in [2.05, 4.69) is 4.99 Å². The third-order valence-electron chi connectivity index (χ3n) is 3.39. The summed E-state index contributed by atoms with van der Waals surface area (Å²) >= 11 is 1.21. The summed E-state index contributed by atoms with van der Waals surface area (Å²) in [6, 6.07) is 12.9. The van der Waals surface area contributed by atoms with Gasteiger partial charge in [0.15, 0.2) is 0 Å². The van der Waals surface area contributed by atoms with Crippen molar-refractivity contribution in [2.45, 2.75) is 13.8 Å². The van der Waals surface area contributed by atoms with Crippen molar-refractivity contribution < 1.29 is 19.1 Å². The van der Waals surface area contributed by atoms with Gasteiger partial charge >= 0.3 is 5.97 Å². The first kappa shape index (κ1) is 17.1. The van der Waals surface area contributed by atoms with Gasteiger partial charge in [-0.15, -0.1) is 0 Å². The van der Waals surface area contributed by atoms with Crippen LogP contribution < -0.4 is 0 Å². The molecule has 0 saturated carbocycles. The molecule has 0 fully saturated rings. The van der Waals surface area contributed by atoms with Gasteiger partial charge in [-0.3, -0.25) is 0 Å². The first-order valence-electron chi connectivity index (χ1n) is 7.79. The number of rotatable bonds is 4. The lowest BCUT2D eigenvalue weighted by molar-refractivity contribution is -0.138. The Hall–Kier alpha value is -2.73. The molecule has 0 aliphatic carbocycles. The highest BCUT2D eigenvalue weighted by Crippen LogP contribution is 2.40. The Morgan fingerprint density at radius 1 is 1.28 bits per heavy atom. The summed E-state index contributed by atoms with van der Waals surface area (Å²) < 4.78 is 10.6. The molecule has 0 saturated heterocycles. The largest absolute Gasteiger partial charge is 0.506 e. The van der Waals surface area contributed by atoms with Crippen molar-refractivity contribution in [2.75, 3.05) is 6.61 Å². The molecule has 5 nitrogen and oxygen atoms in total. The maximum Gasteiger partial charge on any atom is 0.344 e. The van der Waals surface area contributed by atoms with Gasteiger partial charge in [0.05, 0.1) is 17.2 Å². The monoisotopic (exact) mass is 355 g/mol. The molecule has 0 atom stereocenters. The van der Waals surface area contributed by atoms with Crippen LogP contribution in [0.15, 0.2) is 68.1 Å². The van der Waals surface area contributed by atoms with Crippen molar-refractivity contribution in [3.63, 3.8) is 0 Å². The zero-order valence-corrected chi connectivity index (χ0v) is 14.7. The summed E-state index contributed by atoms with van der Waals surface area (Å²) in [4.78, 5) is 17.2. The van der Waals surface area contributed by atoms with Crippen molar-refractivity contribution >= 4 is 34.5 Å². The molecule has 6 heteroatoms. The number of benzene rings is 1. The molecule has 25 heavy (non-hydrogen) atoms. The molecule has 2 heterocycles. The fourth-order valence-electron chi connectivity index (χ4n) is 2.27. The number of furan rings is 1. The number of carbonyl (C=O) groups is 1. The number of thioether (sulfide) groups is 1. The summed E-state index contributed by atoms with van der Waals surface area (Å²) in [5, 5.41) is 10.9. The second kappa shape index (κ2) is 7.44. The van der Waals surface area contributed by atoms with E-state index in [4.69, 9.17) is 9.15 Å². The predicted molar refractivity (Wildman–Crippen MR) is 98.8 cm³/mol. The number of aliphatic hydroxyl groups excluding tert-OH is 1. The summed E-state index contributed by atoms with van der Waals surface area (Å²) in [5.74, 6) is 0.617. The number of carbonyl (C=O) groups excluding carboxylic acids is 1. The first-order chi connectivity index (χ1) is 12.1. The van der Waals surface area contributed by atoms with Crippen LogP contribution in [0.4, 0.5) is 5.69 Å². The maximum absolute atomic E-state index is 12.3. The molecule has 1 N–H and O–H groups in total. The highest BCUT2D eigenvalue weighted by Gasteiger charge is 2.33. The van der Waals surface area contributed by atoms with Gasteiger partial charge < -0.3 is 14.3 Å². The zero-order valence-electron chi connectivity index (χ0n) is 13.9. The number of hydrogen-bond donors (Lipinski definition) is 1. The van der Waals surface area contributed by atoms with Crippen LogP contribution in [0, 0.1) is 6.92 Å². The summed E-state index contributed by atoms with van der Waals surface area (Å²) in [7, 11) is 0. The quantitative estimate of drug-likeness (QED) is 0.799. The van der Waals surface area contributed by atoms with E-state index in [9.17, 15) is 9.90 Å². The van der Waals surface area contributed by atoms with Gasteiger partial charge in [-0.1, -0.05) is 30.0 Å². The van der Waals surface area contributed by atoms with Gasteiger partial charge in [-0.2, -0.15) is 0 Å². The SMILES string of the molecule is CCOC(=O)C1=C(O)/C(=C\c2ccc(C)o2)SC1=Nc1ccccc1. The van der Waals surface area contributed by atoms with E-state index >= 15 is 0 Å². The minimum atomic E-state index is -0.596. The topological polar surface area (TPSA) is 72.0 Å². The molecule has 0 amide bonds. The molecule has 0 unspecified atom stereocenters. The molecule has 1 aliphatic heterocycles. The van der Waals surface area contributed by atoms with E-state index in [0.29, 0.717) is 21.4 Å². The van der Waals surface area contributed by atoms with Crippen molar-refractivity contribution in [2.24, 2.45) is 4.99 Å². The molecule has 3 rings (SSSR count). The van der Waals surface area contributed by atoms with Crippen molar-refractivity contribution in [1.82, 2.24) is 0 Å². The number of aliphatic hydroxyl groups is 1. The Labute approximate surface area is 149 Å². The molecule has 0 bridgehead atoms. The summed E-state index contributed by atoms with van der Waals surface area (Å²) in [5.41, 5.74) is 0.764. The third kappa shape index (κ3) is 3.85. The van der Waals surface area contributed by atoms with Crippen LogP contribution in [0.5, 0.6) is 0 Å². The van der Waals surface area contributed by atoms with E-state index in [1.807, 2.05) is 43.3 Å². The first-order valence-corrected chi connectivity index (χ1v) is 8.61. The Morgan fingerprint density at radius 3 is 2.68 bits per heavy atom. The number of para-hydroxylation sites is 1. The van der Waals surface area contributed by atoms with Gasteiger partial charge in [-0.25, -0.2) is 9.79 Å². The van der Waals surface area contributed by atoms with Crippen LogP contribution in [0.1, 0.15) is 18.4 Å². The fourth-order valence-corrected chi connectivity index (χ4v) is 3.29. The molecule has 0 radical (unpaired) electrons. The maximum atomic E-state index is 12.3. The molecular weight excluding hydrogens is 338 g/mol. The Kier molecular flexibility index (Phi) is 5.09. The fraction of sp³-hybridized carbons (Fsp3) is 0.158. The normalized spacial score (nSPS) is 17.5. The summed E-state index contributed by atoms with van der Waals surface area (Å²) in [6.07, 6.45) is 1.68. The van der Waals surface area contributed by atoms with E-state index in [0.717, 1.165) is 5.76 Å².